The first-order valence-corrected chi connectivity index (χ1v) is 10.5. The van der Waals surface area contributed by atoms with Crippen molar-refractivity contribution in [2.24, 2.45) is 0 Å². The van der Waals surface area contributed by atoms with Crippen molar-refractivity contribution in [3.63, 3.8) is 0 Å². The molecule has 0 saturated heterocycles. The zero-order valence-electron chi connectivity index (χ0n) is 17.8. The number of benzene rings is 4. The maximum atomic E-state index is 12.5. The molecule has 0 spiro atoms. The van der Waals surface area contributed by atoms with Gasteiger partial charge in [-0.1, -0.05) is 72.8 Å². The first kappa shape index (κ1) is 21.6. The normalized spacial score (nSPS) is 10.2. The number of nitrogens with one attached hydrogen (secondary N) is 3. The average molecular weight is 437 g/mol. The van der Waals surface area contributed by atoms with Crippen LogP contribution < -0.4 is 20.7 Å². The number of hydrogen-bond acceptors (Lipinski definition) is 3. The third kappa shape index (κ3) is 6.21. The molecule has 164 valence electrons. The molecule has 0 bridgehead atoms. The molecule has 0 radical (unpaired) electrons. The quantitative estimate of drug-likeness (QED) is 0.331. The predicted molar refractivity (Wildman–Crippen MR) is 132 cm³/mol. The van der Waals surface area contributed by atoms with Gasteiger partial charge in [0.1, 0.15) is 5.75 Å². The van der Waals surface area contributed by atoms with Crippen molar-refractivity contribution < 1.29 is 14.3 Å². The van der Waals surface area contributed by atoms with Crippen LogP contribution in [0.25, 0.3) is 11.1 Å². The molecule has 0 unspecified atom stereocenters. The minimum absolute atomic E-state index is 0.143. The molecule has 0 aromatic heterocycles. The van der Waals surface area contributed by atoms with Gasteiger partial charge in [0.25, 0.3) is 5.91 Å². The van der Waals surface area contributed by atoms with E-state index in [9.17, 15) is 9.59 Å². The lowest BCUT2D eigenvalue weighted by Gasteiger charge is -2.12. The van der Waals surface area contributed by atoms with Crippen molar-refractivity contribution in [2.45, 2.75) is 0 Å². The third-order valence-corrected chi connectivity index (χ3v) is 4.77. The molecule has 0 aliphatic carbocycles. The summed E-state index contributed by atoms with van der Waals surface area (Å²) in [5, 5.41) is 8.30. The minimum Gasteiger partial charge on any atom is -0.483 e. The van der Waals surface area contributed by atoms with Crippen LogP contribution in [0.3, 0.4) is 0 Å². The van der Waals surface area contributed by atoms with Crippen molar-refractivity contribution in [1.29, 1.82) is 0 Å². The Morgan fingerprint density at radius 2 is 1.18 bits per heavy atom. The minimum atomic E-state index is -0.370. The van der Waals surface area contributed by atoms with E-state index >= 15 is 0 Å². The number of carbonyl (C=O) groups is 2. The highest BCUT2D eigenvalue weighted by Gasteiger charge is 2.09. The Hall–Kier alpha value is -4.58. The predicted octanol–water partition coefficient (Wildman–Crippen LogP) is 6.02. The van der Waals surface area contributed by atoms with Gasteiger partial charge in [0.15, 0.2) is 6.61 Å². The first-order chi connectivity index (χ1) is 16.2. The number of urea groups is 1. The maximum absolute atomic E-state index is 12.5. The number of amides is 3. The summed E-state index contributed by atoms with van der Waals surface area (Å²) in [6.45, 7) is -0.143. The van der Waals surface area contributed by atoms with Gasteiger partial charge in [0, 0.05) is 22.6 Å². The lowest BCUT2D eigenvalue weighted by molar-refractivity contribution is -0.118. The lowest BCUT2D eigenvalue weighted by atomic mass is 10.1. The molecule has 4 aromatic rings. The van der Waals surface area contributed by atoms with Crippen LogP contribution in [0, 0.1) is 0 Å². The van der Waals surface area contributed by atoms with Crippen LogP contribution in [0.4, 0.5) is 21.9 Å². The van der Waals surface area contributed by atoms with Gasteiger partial charge in [-0.15, -0.1) is 0 Å². The molecule has 3 amide bonds. The molecule has 0 saturated carbocycles. The number of rotatable bonds is 7. The second kappa shape index (κ2) is 10.6. The van der Waals surface area contributed by atoms with E-state index in [1.165, 1.54) is 0 Å². The van der Waals surface area contributed by atoms with E-state index in [4.69, 9.17) is 4.74 Å². The molecule has 3 N–H and O–H groups in total. The van der Waals surface area contributed by atoms with Crippen LogP contribution in [-0.2, 0) is 4.79 Å². The maximum Gasteiger partial charge on any atom is 0.323 e. The Kier molecular flexibility index (Phi) is 6.98. The van der Waals surface area contributed by atoms with Crippen LogP contribution in [0.1, 0.15) is 0 Å². The van der Waals surface area contributed by atoms with Crippen LogP contribution in [0.15, 0.2) is 109 Å². The summed E-state index contributed by atoms with van der Waals surface area (Å²) in [7, 11) is 0. The summed E-state index contributed by atoms with van der Waals surface area (Å²) < 4.78 is 5.79. The zero-order chi connectivity index (χ0) is 22.9. The van der Waals surface area contributed by atoms with Crippen molar-refractivity contribution in [3.8, 4) is 16.9 Å². The fraction of sp³-hybridized carbons (Fsp3) is 0.0370. The summed E-state index contributed by atoms with van der Waals surface area (Å²) in [5.41, 5.74) is 3.73. The first-order valence-electron chi connectivity index (χ1n) is 10.5. The van der Waals surface area contributed by atoms with Crippen molar-refractivity contribution in [3.05, 3.63) is 109 Å². The number of hydrogen-bond donors (Lipinski definition) is 3. The number of anilines is 3. The summed E-state index contributed by atoms with van der Waals surface area (Å²) in [5.74, 6) is 0.329. The van der Waals surface area contributed by atoms with Crippen LogP contribution in [0.5, 0.6) is 5.75 Å². The molecular weight excluding hydrogens is 414 g/mol. The van der Waals surface area contributed by atoms with Gasteiger partial charge < -0.3 is 20.7 Å². The largest absolute Gasteiger partial charge is 0.483 e. The van der Waals surface area contributed by atoms with E-state index < -0.39 is 0 Å². The van der Waals surface area contributed by atoms with Crippen molar-refractivity contribution >= 4 is 29.0 Å². The lowest BCUT2D eigenvalue weighted by Crippen LogP contribution is -2.21. The van der Waals surface area contributed by atoms with E-state index in [-0.39, 0.29) is 18.5 Å². The van der Waals surface area contributed by atoms with Crippen molar-refractivity contribution in [2.75, 3.05) is 22.6 Å². The van der Waals surface area contributed by atoms with Gasteiger partial charge in [-0.05, 0) is 42.0 Å². The van der Waals surface area contributed by atoms with Gasteiger partial charge in [0.05, 0.1) is 0 Å². The van der Waals surface area contributed by atoms with Crippen LogP contribution in [-0.4, -0.2) is 18.5 Å². The smallest absolute Gasteiger partial charge is 0.323 e. The topological polar surface area (TPSA) is 79.5 Å². The second-order valence-corrected chi connectivity index (χ2v) is 7.22. The molecule has 0 heterocycles. The van der Waals surface area contributed by atoms with Gasteiger partial charge in [-0.25, -0.2) is 4.79 Å². The molecule has 6 heteroatoms. The van der Waals surface area contributed by atoms with Crippen molar-refractivity contribution in [1.82, 2.24) is 0 Å². The summed E-state index contributed by atoms with van der Waals surface area (Å²) >= 11 is 0. The summed E-state index contributed by atoms with van der Waals surface area (Å²) in [6, 6.07) is 33.2. The molecule has 0 aliphatic heterocycles. The Labute approximate surface area is 192 Å². The second-order valence-electron chi connectivity index (χ2n) is 7.22. The summed E-state index contributed by atoms with van der Waals surface area (Å²) in [4.78, 5) is 24.7. The molecule has 33 heavy (non-hydrogen) atoms. The standard InChI is InChI=1S/C27H23N3O3/c31-26(19-33-25-17-8-7-16-24(25)20-10-3-1-4-11-20)28-22-14-9-15-23(18-22)30-27(32)29-21-12-5-2-6-13-21/h1-18H,19H2,(H,28,31)(H2,29,30,32). The van der Waals surface area contributed by atoms with E-state index in [1.54, 1.807) is 36.4 Å². The molecule has 6 nitrogen and oxygen atoms in total. The monoisotopic (exact) mass is 437 g/mol. The highest BCUT2D eigenvalue weighted by molar-refractivity contribution is 6.00. The van der Waals surface area contributed by atoms with Gasteiger partial charge >= 0.3 is 6.03 Å². The number of carbonyl (C=O) groups excluding carboxylic acids is 2. The number of ether oxygens (including phenoxy) is 1. The highest BCUT2D eigenvalue weighted by Crippen LogP contribution is 2.29. The molecular formula is C27H23N3O3. The SMILES string of the molecule is O=C(COc1ccccc1-c1ccccc1)Nc1cccc(NC(=O)Nc2ccccc2)c1. The molecule has 0 aliphatic rings. The van der Waals surface area contributed by atoms with Crippen LogP contribution in [0.2, 0.25) is 0 Å². The molecule has 0 fully saturated rings. The van der Waals surface area contributed by atoms with Gasteiger partial charge in [-0.2, -0.15) is 0 Å². The Balaban J connectivity index is 1.34. The van der Waals surface area contributed by atoms with E-state index in [0.717, 1.165) is 11.1 Å². The Morgan fingerprint density at radius 1 is 0.606 bits per heavy atom. The van der Waals surface area contributed by atoms with E-state index in [0.29, 0.717) is 22.8 Å². The fourth-order valence-corrected chi connectivity index (χ4v) is 3.28. The van der Waals surface area contributed by atoms with Crippen LogP contribution >= 0.6 is 0 Å². The zero-order valence-corrected chi connectivity index (χ0v) is 17.8. The van der Waals surface area contributed by atoms with Gasteiger partial charge in [-0.3, -0.25) is 4.79 Å². The fourth-order valence-electron chi connectivity index (χ4n) is 3.28. The molecule has 4 aromatic carbocycles. The average Bonchev–Trinajstić information content (AvgIpc) is 2.84. The number of para-hydroxylation sites is 2. The summed E-state index contributed by atoms with van der Waals surface area (Å²) in [6.07, 6.45) is 0. The van der Waals surface area contributed by atoms with E-state index in [1.807, 2.05) is 72.8 Å². The third-order valence-electron chi connectivity index (χ3n) is 4.77. The molecule has 4 rings (SSSR count). The Morgan fingerprint density at radius 3 is 1.94 bits per heavy atom. The van der Waals surface area contributed by atoms with E-state index in [2.05, 4.69) is 16.0 Å². The Bertz CT molecular complexity index is 1230. The highest BCUT2D eigenvalue weighted by atomic mass is 16.5. The van der Waals surface area contributed by atoms with Gasteiger partial charge in [0.2, 0.25) is 0 Å². The molecule has 0 atom stereocenters.